The van der Waals surface area contributed by atoms with Gasteiger partial charge in [-0.25, -0.2) is 0 Å². The zero-order valence-electron chi connectivity index (χ0n) is 7.66. The van der Waals surface area contributed by atoms with Crippen molar-refractivity contribution in [1.29, 1.82) is 0 Å². The van der Waals surface area contributed by atoms with E-state index in [0.717, 1.165) is 0 Å². The maximum Gasteiger partial charge on any atom is 0.416 e. The molecule has 0 radical (unpaired) electrons. The van der Waals surface area contributed by atoms with Gasteiger partial charge in [-0.3, -0.25) is 0 Å². The molecular weight excluding hydrogens is 257 g/mol. The maximum absolute atomic E-state index is 12.5. The summed E-state index contributed by atoms with van der Waals surface area (Å²) < 4.78 is 37.6. The van der Waals surface area contributed by atoms with Gasteiger partial charge in [-0.1, -0.05) is 35.0 Å². The topological polar surface area (TPSA) is 0 Å². The minimum absolute atomic E-state index is 0.228. The first-order chi connectivity index (χ1) is 6.49. The lowest BCUT2D eigenvalue weighted by Gasteiger charge is -2.12. The Bertz CT molecular complexity index is 318. The van der Waals surface area contributed by atoms with Gasteiger partial charge in [0, 0.05) is 5.33 Å². The first-order valence-electron chi connectivity index (χ1n) is 4.24. The Hall–Kier alpha value is -0.510. The van der Waals surface area contributed by atoms with Crippen molar-refractivity contribution in [3.05, 3.63) is 34.9 Å². The van der Waals surface area contributed by atoms with Crippen molar-refractivity contribution < 1.29 is 13.2 Å². The number of alkyl halides is 4. The number of halogens is 4. The molecule has 0 fully saturated rings. The van der Waals surface area contributed by atoms with Gasteiger partial charge in [-0.2, -0.15) is 13.2 Å². The van der Waals surface area contributed by atoms with Gasteiger partial charge in [0.1, 0.15) is 0 Å². The summed E-state index contributed by atoms with van der Waals surface area (Å²) in [7, 11) is 0. The van der Waals surface area contributed by atoms with E-state index in [9.17, 15) is 13.2 Å². The van der Waals surface area contributed by atoms with Crippen LogP contribution in [-0.4, -0.2) is 0 Å². The van der Waals surface area contributed by atoms with Crippen molar-refractivity contribution >= 4 is 15.9 Å². The summed E-state index contributed by atoms with van der Waals surface area (Å²) in [6.07, 6.45) is -3.64. The molecule has 0 N–H and O–H groups in total. The third kappa shape index (κ3) is 2.50. The van der Waals surface area contributed by atoms with E-state index in [4.69, 9.17) is 0 Å². The van der Waals surface area contributed by atoms with Crippen LogP contribution in [0.15, 0.2) is 18.2 Å². The second-order valence-electron chi connectivity index (χ2n) is 2.98. The van der Waals surface area contributed by atoms with Crippen molar-refractivity contribution in [3.63, 3.8) is 0 Å². The Kier molecular flexibility index (Phi) is 3.59. The first kappa shape index (κ1) is 11.6. The van der Waals surface area contributed by atoms with Crippen LogP contribution in [0, 0.1) is 0 Å². The van der Waals surface area contributed by atoms with E-state index < -0.39 is 11.7 Å². The molecule has 0 amide bonds. The van der Waals surface area contributed by atoms with Crippen molar-refractivity contribution in [2.45, 2.75) is 24.9 Å². The molecule has 0 aromatic heterocycles. The lowest BCUT2D eigenvalue weighted by Crippen LogP contribution is -2.09. The zero-order chi connectivity index (χ0) is 10.8. The van der Waals surface area contributed by atoms with E-state index >= 15 is 0 Å². The lowest BCUT2D eigenvalue weighted by molar-refractivity contribution is -0.138. The van der Waals surface area contributed by atoms with Crippen LogP contribution in [0.2, 0.25) is 0 Å². The minimum Gasteiger partial charge on any atom is -0.166 e. The molecule has 0 aliphatic rings. The molecule has 0 atom stereocenters. The Labute approximate surface area is 89.3 Å². The predicted octanol–water partition coefficient (Wildman–Crippen LogP) is 4.16. The van der Waals surface area contributed by atoms with Gasteiger partial charge in [0.25, 0.3) is 0 Å². The minimum atomic E-state index is -4.26. The molecule has 0 aliphatic carbocycles. The highest BCUT2D eigenvalue weighted by Gasteiger charge is 2.32. The van der Waals surface area contributed by atoms with E-state index in [-0.39, 0.29) is 10.9 Å². The summed E-state index contributed by atoms with van der Waals surface area (Å²) in [4.78, 5) is 0. The number of hydrogen-bond donors (Lipinski definition) is 0. The average molecular weight is 267 g/mol. The van der Waals surface area contributed by atoms with E-state index in [1.165, 1.54) is 12.1 Å². The quantitative estimate of drug-likeness (QED) is 0.706. The molecule has 0 saturated carbocycles. The fourth-order valence-corrected chi connectivity index (χ4v) is 1.71. The molecule has 1 aromatic carbocycles. The molecule has 0 spiro atoms. The molecule has 1 rings (SSSR count). The first-order valence-corrected chi connectivity index (χ1v) is 5.36. The summed E-state index contributed by atoms with van der Waals surface area (Å²) in [5, 5.41) is 0.228. The van der Waals surface area contributed by atoms with Crippen molar-refractivity contribution in [2.75, 3.05) is 0 Å². The molecule has 78 valence electrons. The predicted molar refractivity (Wildman–Crippen MR) is 53.5 cm³/mol. The molecule has 0 aliphatic heterocycles. The lowest BCUT2D eigenvalue weighted by atomic mass is 10.0. The summed E-state index contributed by atoms with van der Waals surface area (Å²) in [5.74, 6) is 0. The molecule has 0 nitrogen and oxygen atoms in total. The highest BCUT2D eigenvalue weighted by Crippen LogP contribution is 2.33. The molecule has 0 saturated heterocycles. The highest BCUT2D eigenvalue weighted by molar-refractivity contribution is 9.08. The van der Waals surface area contributed by atoms with Gasteiger partial charge in [0.2, 0.25) is 0 Å². The fraction of sp³-hybridized carbons (Fsp3) is 0.400. The van der Waals surface area contributed by atoms with E-state index in [1.807, 2.05) is 6.92 Å². The van der Waals surface area contributed by atoms with Gasteiger partial charge in [-0.15, -0.1) is 0 Å². The van der Waals surface area contributed by atoms with Crippen LogP contribution in [0.25, 0.3) is 0 Å². The number of aryl methyl sites for hydroxylation is 1. The van der Waals surface area contributed by atoms with Gasteiger partial charge in [0.15, 0.2) is 0 Å². The number of benzene rings is 1. The molecule has 4 heteroatoms. The number of rotatable bonds is 2. The smallest absolute Gasteiger partial charge is 0.166 e. The van der Waals surface area contributed by atoms with Crippen LogP contribution in [0.1, 0.15) is 23.6 Å². The zero-order valence-corrected chi connectivity index (χ0v) is 9.24. The third-order valence-electron chi connectivity index (χ3n) is 2.03. The Morgan fingerprint density at radius 3 is 2.36 bits per heavy atom. The van der Waals surface area contributed by atoms with Gasteiger partial charge in [-0.05, 0) is 23.6 Å². The van der Waals surface area contributed by atoms with Gasteiger partial charge >= 0.3 is 6.18 Å². The van der Waals surface area contributed by atoms with E-state index in [0.29, 0.717) is 12.0 Å². The van der Waals surface area contributed by atoms with Crippen LogP contribution in [0.3, 0.4) is 0 Å². The SMILES string of the molecule is CCc1ccc(CBr)c(C(F)(F)F)c1. The van der Waals surface area contributed by atoms with Gasteiger partial charge < -0.3 is 0 Å². The summed E-state index contributed by atoms with van der Waals surface area (Å²) in [5.41, 5.74) is 0.463. The molecule has 0 unspecified atom stereocenters. The van der Waals surface area contributed by atoms with Crippen LogP contribution in [-0.2, 0) is 17.9 Å². The van der Waals surface area contributed by atoms with E-state index in [2.05, 4.69) is 15.9 Å². The Morgan fingerprint density at radius 2 is 1.93 bits per heavy atom. The molecular formula is C10H10BrF3. The van der Waals surface area contributed by atoms with Crippen LogP contribution in [0.4, 0.5) is 13.2 Å². The second kappa shape index (κ2) is 4.34. The summed E-state index contributed by atoms with van der Waals surface area (Å²) in [6.45, 7) is 1.84. The third-order valence-corrected chi connectivity index (χ3v) is 2.64. The van der Waals surface area contributed by atoms with Crippen molar-refractivity contribution in [3.8, 4) is 0 Å². The van der Waals surface area contributed by atoms with Crippen LogP contribution >= 0.6 is 15.9 Å². The van der Waals surface area contributed by atoms with Crippen LogP contribution in [0.5, 0.6) is 0 Å². The summed E-state index contributed by atoms with van der Waals surface area (Å²) in [6, 6.07) is 4.47. The Balaban J connectivity index is 3.22. The molecule has 14 heavy (non-hydrogen) atoms. The molecule has 1 aromatic rings. The average Bonchev–Trinajstić information content (AvgIpc) is 2.15. The van der Waals surface area contributed by atoms with Gasteiger partial charge in [0.05, 0.1) is 5.56 Å². The van der Waals surface area contributed by atoms with E-state index in [1.54, 1.807) is 6.07 Å². The van der Waals surface area contributed by atoms with Crippen molar-refractivity contribution in [2.24, 2.45) is 0 Å². The number of hydrogen-bond acceptors (Lipinski definition) is 0. The normalized spacial score (nSPS) is 11.8. The monoisotopic (exact) mass is 266 g/mol. The Morgan fingerprint density at radius 1 is 1.29 bits per heavy atom. The van der Waals surface area contributed by atoms with Crippen LogP contribution < -0.4 is 0 Å². The van der Waals surface area contributed by atoms with Crippen molar-refractivity contribution in [1.82, 2.24) is 0 Å². The molecule has 0 bridgehead atoms. The largest absolute Gasteiger partial charge is 0.416 e. The standard InChI is InChI=1S/C10H10BrF3/c1-2-7-3-4-8(6-11)9(5-7)10(12,13)14/h3-5H,2,6H2,1H3. The second-order valence-corrected chi connectivity index (χ2v) is 3.54. The highest BCUT2D eigenvalue weighted by atomic mass is 79.9. The maximum atomic E-state index is 12.5. The molecule has 0 heterocycles. The fourth-order valence-electron chi connectivity index (χ4n) is 1.22. The summed E-state index contributed by atoms with van der Waals surface area (Å²) >= 11 is 3.05.